The zero-order chi connectivity index (χ0) is 25.1. The predicted molar refractivity (Wildman–Crippen MR) is 136 cm³/mol. The molecule has 0 spiro atoms. The fraction of sp³-hybridized carbons (Fsp3) is 0.103. The van der Waals surface area contributed by atoms with Crippen LogP contribution in [0, 0.1) is 0 Å². The summed E-state index contributed by atoms with van der Waals surface area (Å²) in [4.78, 5) is 26.4. The smallest absolute Gasteiger partial charge is 0.339 e. The number of benzene rings is 4. The van der Waals surface area contributed by atoms with Gasteiger partial charge in [0, 0.05) is 17.7 Å². The first-order valence-electron chi connectivity index (χ1n) is 11.5. The Hall–Kier alpha value is -4.23. The van der Waals surface area contributed by atoms with Crippen molar-refractivity contribution in [3.63, 3.8) is 0 Å². The number of fused-ring (bicyclic) bond motifs is 1. The van der Waals surface area contributed by atoms with Gasteiger partial charge in [0.05, 0.1) is 16.1 Å². The number of carbonyl (C=O) groups excluding carboxylic acids is 2. The molecule has 0 fully saturated rings. The summed E-state index contributed by atoms with van der Waals surface area (Å²) >= 11 is 0. The molecule has 180 valence electrons. The highest BCUT2D eigenvalue weighted by Crippen LogP contribution is 2.33. The summed E-state index contributed by atoms with van der Waals surface area (Å²) < 4.78 is 33.9. The van der Waals surface area contributed by atoms with Crippen molar-refractivity contribution in [2.45, 2.75) is 17.4 Å². The van der Waals surface area contributed by atoms with Crippen molar-refractivity contribution in [2.75, 3.05) is 10.8 Å². The van der Waals surface area contributed by atoms with Crippen molar-refractivity contribution < 1.29 is 22.7 Å². The molecule has 4 aromatic carbocycles. The Morgan fingerprint density at radius 1 is 0.750 bits per heavy atom. The second kappa shape index (κ2) is 9.79. The number of esters is 1. The van der Waals surface area contributed by atoms with E-state index in [0.717, 1.165) is 5.56 Å². The number of nitrogens with zero attached hydrogens (tertiary/aromatic N) is 1. The topological polar surface area (TPSA) is 80.8 Å². The van der Waals surface area contributed by atoms with Crippen molar-refractivity contribution in [2.24, 2.45) is 0 Å². The normalized spacial score (nSPS) is 13.6. The monoisotopic (exact) mass is 497 g/mol. The van der Waals surface area contributed by atoms with Gasteiger partial charge in [-0.3, -0.25) is 9.10 Å². The number of rotatable bonds is 7. The minimum Gasteiger partial charge on any atom is -0.445 e. The van der Waals surface area contributed by atoms with E-state index < -0.39 is 22.1 Å². The molecule has 5 rings (SSSR count). The minimum atomic E-state index is -3.89. The highest BCUT2D eigenvalue weighted by Gasteiger charge is 2.32. The molecule has 4 aromatic rings. The molecule has 0 radical (unpaired) electrons. The summed E-state index contributed by atoms with van der Waals surface area (Å²) in [6.45, 7) is 0.331. The average Bonchev–Trinajstić information content (AvgIpc) is 3.37. The Kier molecular flexibility index (Phi) is 6.40. The molecule has 0 unspecified atom stereocenters. The van der Waals surface area contributed by atoms with E-state index >= 15 is 0 Å². The molecule has 36 heavy (non-hydrogen) atoms. The Balaban J connectivity index is 1.44. The van der Waals surface area contributed by atoms with Gasteiger partial charge in [0.15, 0.2) is 6.10 Å². The first-order chi connectivity index (χ1) is 17.4. The van der Waals surface area contributed by atoms with Crippen molar-refractivity contribution in [1.82, 2.24) is 0 Å². The van der Waals surface area contributed by atoms with Crippen LogP contribution in [-0.4, -0.2) is 26.7 Å². The van der Waals surface area contributed by atoms with Gasteiger partial charge in [0.1, 0.15) is 0 Å². The van der Waals surface area contributed by atoms with E-state index in [1.165, 1.54) is 28.6 Å². The van der Waals surface area contributed by atoms with Gasteiger partial charge >= 0.3 is 5.97 Å². The maximum Gasteiger partial charge on any atom is 0.339 e. The largest absolute Gasteiger partial charge is 0.445 e. The molecule has 1 aliphatic heterocycles. The van der Waals surface area contributed by atoms with Crippen molar-refractivity contribution in [3.8, 4) is 0 Å². The van der Waals surface area contributed by atoms with Gasteiger partial charge in [-0.15, -0.1) is 0 Å². The average molecular weight is 498 g/mol. The van der Waals surface area contributed by atoms with E-state index in [-0.39, 0.29) is 16.2 Å². The zero-order valence-corrected chi connectivity index (χ0v) is 20.1. The number of carbonyl (C=O) groups is 2. The van der Waals surface area contributed by atoms with Gasteiger partial charge < -0.3 is 4.74 Å². The third kappa shape index (κ3) is 4.53. The number of sulfonamides is 1. The lowest BCUT2D eigenvalue weighted by Crippen LogP contribution is -2.29. The standard InChI is InChI=1S/C29H23NO5S/c31-27(22-11-3-1-4-12-22)28(23-13-5-2-6-14-23)35-29(32)24-15-9-16-25(20-24)36(33,34)30-19-18-21-10-7-8-17-26(21)30/h1-17,20,28H,18-19H2/t28-/m1/s1. The molecule has 1 atom stereocenters. The van der Waals surface area contributed by atoms with Gasteiger partial charge in [-0.1, -0.05) is 84.9 Å². The van der Waals surface area contributed by atoms with Crippen LogP contribution in [-0.2, 0) is 21.2 Å². The van der Waals surface area contributed by atoms with Crippen LogP contribution in [0.4, 0.5) is 5.69 Å². The summed E-state index contributed by atoms with van der Waals surface area (Å²) in [5.74, 6) is -1.15. The second-order valence-electron chi connectivity index (χ2n) is 8.41. The van der Waals surface area contributed by atoms with Gasteiger partial charge in [-0.2, -0.15) is 0 Å². The summed E-state index contributed by atoms with van der Waals surface area (Å²) in [5.41, 5.74) is 2.58. The molecular weight excluding hydrogens is 474 g/mol. The van der Waals surface area contributed by atoms with Gasteiger partial charge in [-0.25, -0.2) is 13.2 Å². The third-order valence-electron chi connectivity index (χ3n) is 6.13. The number of anilines is 1. The molecule has 0 saturated heterocycles. The van der Waals surface area contributed by atoms with E-state index in [1.807, 2.05) is 12.1 Å². The van der Waals surface area contributed by atoms with Crippen LogP contribution >= 0.6 is 0 Å². The Morgan fingerprint density at radius 3 is 2.14 bits per heavy atom. The molecule has 6 nitrogen and oxygen atoms in total. The van der Waals surface area contributed by atoms with E-state index in [4.69, 9.17) is 4.74 Å². The molecule has 0 N–H and O–H groups in total. The van der Waals surface area contributed by atoms with Crippen molar-refractivity contribution in [1.29, 1.82) is 0 Å². The van der Waals surface area contributed by atoms with Crippen LogP contribution < -0.4 is 4.31 Å². The SMILES string of the molecule is O=C(O[C@@H](C(=O)c1ccccc1)c1ccccc1)c1cccc(S(=O)(=O)N2CCc3ccccc32)c1. The molecule has 0 saturated carbocycles. The third-order valence-corrected chi connectivity index (χ3v) is 7.94. The van der Waals surface area contributed by atoms with Crippen LogP contribution in [0.1, 0.15) is 37.9 Å². The van der Waals surface area contributed by atoms with Crippen LogP contribution in [0.25, 0.3) is 0 Å². The molecule has 7 heteroatoms. The summed E-state index contributed by atoms with van der Waals surface area (Å²) in [6, 6.07) is 30.4. The molecule has 0 bridgehead atoms. The van der Waals surface area contributed by atoms with Crippen LogP contribution in [0.15, 0.2) is 114 Å². The fourth-order valence-electron chi connectivity index (χ4n) is 4.30. The minimum absolute atomic E-state index is 0.0145. The number of ether oxygens (including phenoxy) is 1. The summed E-state index contributed by atoms with van der Waals surface area (Å²) in [7, 11) is -3.89. The molecule has 1 heterocycles. The maximum atomic E-state index is 13.4. The van der Waals surface area contributed by atoms with Crippen LogP contribution in [0.2, 0.25) is 0 Å². The first kappa shape index (κ1) is 23.5. The molecular formula is C29H23NO5S. The molecule has 1 aliphatic rings. The Labute approximate surface area is 209 Å². The molecule has 0 aromatic heterocycles. The quantitative estimate of drug-likeness (QED) is 0.258. The van der Waals surface area contributed by atoms with E-state index in [0.29, 0.717) is 29.8 Å². The number of hydrogen-bond donors (Lipinski definition) is 0. The number of Topliss-reactive ketones (excluding diaryl/α,β-unsaturated/α-hetero) is 1. The van der Waals surface area contributed by atoms with Gasteiger partial charge in [0.25, 0.3) is 10.0 Å². The van der Waals surface area contributed by atoms with Gasteiger partial charge in [-0.05, 0) is 36.2 Å². The van der Waals surface area contributed by atoms with Crippen LogP contribution in [0.5, 0.6) is 0 Å². The maximum absolute atomic E-state index is 13.4. The van der Waals surface area contributed by atoms with Crippen molar-refractivity contribution in [3.05, 3.63) is 131 Å². The number of hydrogen-bond acceptors (Lipinski definition) is 5. The van der Waals surface area contributed by atoms with Crippen molar-refractivity contribution >= 4 is 27.5 Å². The summed E-state index contributed by atoms with van der Waals surface area (Å²) in [5, 5.41) is 0. The summed E-state index contributed by atoms with van der Waals surface area (Å²) in [6.07, 6.45) is -0.552. The van der Waals surface area contributed by atoms with E-state index in [1.54, 1.807) is 72.8 Å². The zero-order valence-electron chi connectivity index (χ0n) is 19.3. The highest BCUT2D eigenvalue weighted by atomic mass is 32.2. The molecule has 0 aliphatic carbocycles. The number of para-hydroxylation sites is 1. The van der Waals surface area contributed by atoms with Gasteiger partial charge in [0.2, 0.25) is 5.78 Å². The lowest BCUT2D eigenvalue weighted by Gasteiger charge is -2.20. The van der Waals surface area contributed by atoms with Crippen LogP contribution in [0.3, 0.4) is 0 Å². The molecule has 0 amide bonds. The number of ketones is 1. The highest BCUT2D eigenvalue weighted by molar-refractivity contribution is 7.92. The van der Waals surface area contributed by atoms with E-state index in [2.05, 4.69) is 0 Å². The second-order valence-corrected chi connectivity index (χ2v) is 10.3. The fourth-order valence-corrected chi connectivity index (χ4v) is 5.85. The first-order valence-corrected chi connectivity index (χ1v) is 12.9. The Morgan fingerprint density at radius 2 is 1.39 bits per heavy atom. The Bertz CT molecular complexity index is 1520. The lowest BCUT2D eigenvalue weighted by atomic mass is 10.00. The lowest BCUT2D eigenvalue weighted by molar-refractivity contribution is 0.0280. The van der Waals surface area contributed by atoms with E-state index in [9.17, 15) is 18.0 Å². The predicted octanol–water partition coefficient (Wildman–Crippen LogP) is 5.22.